The van der Waals surface area contributed by atoms with Gasteiger partial charge in [-0.15, -0.1) is 0 Å². The van der Waals surface area contributed by atoms with Crippen LogP contribution in [0, 0.1) is 0 Å². The standard InChI is InChI=1S/C11H18N2OS/c1-7-8-10(12-6)9(2)13-15(14)11(3,4)5/h7-8H,1,6H2,2-5H3. The van der Waals surface area contributed by atoms with Crippen molar-refractivity contribution < 1.29 is 4.21 Å². The van der Waals surface area contributed by atoms with Gasteiger partial charge in [-0.2, -0.15) is 4.40 Å². The molecule has 0 aliphatic rings. The molecule has 0 spiro atoms. The van der Waals surface area contributed by atoms with E-state index in [4.69, 9.17) is 0 Å². The normalized spacial score (nSPS) is 16.0. The minimum absolute atomic E-state index is 0.359. The maximum atomic E-state index is 11.7. The summed E-state index contributed by atoms with van der Waals surface area (Å²) < 4.78 is 15.4. The Labute approximate surface area is 94.3 Å². The van der Waals surface area contributed by atoms with Gasteiger partial charge in [-0.05, 0) is 40.5 Å². The molecular weight excluding hydrogens is 208 g/mol. The van der Waals surface area contributed by atoms with Gasteiger partial charge in [-0.25, -0.2) is 4.21 Å². The third-order valence-electron chi connectivity index (χ3n) is 1.56. The van der Waals surface area contributed by atoms with Gasteiger partial charge in [0.05, 0.1) is 16.2 Å². The van der Waals surface area contributed by atoms with E-state index in [1.54, 1.807) is 19.1 Å². The van der Waals surface area contributed by atoms with Crippen molar-refractivity contribution in [1.82, 2.24) is 0 Å². The van der Waals surface area contributed by atoms with Crippen molar-refractivity contribution >= 4 is 23.4 Å². The molecule has 0 bridgehead atoms. The van der Waals surface area contributed by atoms with Crippen LogP contribution in [0.3, 0.4) is 0 Å². The predicted octanol–water partition coefficient (Wildman–Crippen LogP) is 2.68. The summed E-state index contributed by atoms with van der Waals surface area (Å²) in [4.78, 5) is 3.79. The van der Waals surface area contributed by atoms with Crippen molar-refractivity contribution in [2.24, 2.45) is 9.39 Å². The predicted molar refractivity (Wildman–Crippen MR) is 68.8 cm³/mol. The highest BCUT2D eigenvalue weighted by atomic mass is 32.2. The second-order valence-electron chi connectivity index (χ2n) is 3.98. The van der Waals surface area contributed by atoms with E-state index in [1.165, 1.54) is 0 Å². The van der Waals surface area contributed by atoms with Crippen molar-refractivity contribution in [2.45, 2.75) is 32.4 Å². The lowest BCUT2D eigenvalue weighted by molar-refractivity contribution is 0.650. The largest absolute Gasteiger partial charge is 0.263 e. The van der Waals surface area contributed by atoms with E-state index in [2.05, 4.69) is 22.7 Å². The Balaban J connectivity index is 5.00. The van der Waals surface area contributed by atoms with Gasteiger partial charge in [0.1, 0.15) is 11.0 Å². The molecule has 0 aromatic heterocycles. The zero-order valence-corrected chi connectivity index (χ0v) is 10.6. The molecule has 1 atom stereocenters. The Morgan fingerprint density at radius 2 is 1.93 bits per heavy atom. The van der Waals surface area contributed by atoms with E-state index in [-0.39, 0.29) is 4.75 Å². The fourth-order valence-corrected chi connectivity index (χ4v) is 1.32. The summed E-state index contributed by atoms with van der Waals surface area (Å²) in [5, 5.41) is 0. The van der Waals surface area contributed by atoms with Crippen LogP contribution >= 0.6 is 0 Å². The molecule has 0 heterocycles. The van der Waals surface area contributed by atoms with E-state index in [1.807, 2.05) is 20.8 Å². The molecule has 0 saturated heterocycles. The number of aliphatic imine (C=N–C) groups is 1. The molecule has 1 unspecified atom stereocenters. The highest BCUT2D eigenvalue weighted by Crippen LogP contribution is 2.14. The van der Waals surface area contributed by atoms with Gasteiger partial charge in [-0.1, -0.05) is 12.7 Å². The molecule has 15 heavy (non-hydrogen) atoms. The fourth-order valence-electron chi connectivity index (χ4n) is 0.707. The first-order valence-electron chi connectivity index (χ1n) is 4.60. The molecule has 0 aliphatic carbocycles. The number of nitrogens with zero attached hydrogens (tertiary/aromatic N) is 2. The molecule has 0 saturated carbocycles. The molecule has 0 rings (SSSR count). The number of hydrogen-bond donors (Lipinski definition) is 0. The summed E-state index contributed by atoms with van der Waals surface area (Å²) in [5.41, 5.74) is 1.21. The summed E-state index contributed by atoms with van der Waals surface area (Å²) in [5.74, 6) is 0. The quantitative estimate of drug-likeness (QED) is 0.537. The zero-order valence-electron chi connectivity index (χ0n) is 9.78. The van der Waals surface area contributed by atoms with Crippen LogP contribution in [0.2, 0.25) is 0 Å². The summed E-state index contributed by atoms with van der Waals surface area (Å²) in [6, 6.07) is 0. The number of rotatable bonds is 4. The average Bonchev–Trinajstić information content (AvgIpc) is 2.12. The first-order valence-corrected chi connectivity index (χ1v) is 5.70. The molecule has 0 aliphatic heterocycles. The molecule has 0 radical (unpaired) electrons. The van der Waals surface area contributed by atoms with Crippen molar-refractivity contribution in [3.05, 3.63) is 24.4 Å². The van der Waals surface area contributed by atoms with Crippen LogP contribution in [-0.2, 0) is 11.0 Å². The van der Waals surface area contributed by atoms with E-state index in [9.17, 15) is 4.21 Å². The summed E-state index contributed by atoms with van der Waals surface area (Å²) >= 11 is 0. The van der Waals surface area contributed by atoms with Gasteiger partial charge in [0.2, 0.25) is 0 Å². The van der Waals surface area contributed by atoms with Crippen LogP contribution in [0.4, 0.5) is 0 Å². The van der Waals surface area contributed by atoms with E-state index in [0.717, 1.165) is 0 Å². The van der Waals surface area contributed by atoms with Crippen LogP contribution in [0.5, 0.6) is 0 Å². The molecule has 0 aromatic carbocycles. The topological polar surface area (TPSA) is 41.8 Å². The maximum Gasteiger partial charge on any atom is 0.145 e. The van der Waals surface area contributed by atoms with Crippen molar-refractivity contribution in [1.29, 1.82) is 0 Å². The lowest BCUT2D eigenvalue weighted by Crippen LogP contribution is -2.20. The Morgan fingerprint density at radius 3 is 2.27 bits per heavy atom. The van der Waals surface area contributed by atoms with Crippen molar-refractivity contribution in [3.63, 3.8) is 0 Å². The molecule has 4 heteroatoms. The van der Waals surface area contributed by atoms with Crippen LogP contribution in [-0.4, -0.2) is 21.4 Å². The van der Waals surface area contributed by atoms with E-state index >= 15 is 0 Å². The first kappa shape index (κ1) is 14.0. The average molecular weight is 226 g/mol. The van der Waals surface area contributed by atoms with Crippen LogP contribution in [0.1, 0.15) is 27.7 Å². The Kier molecular flexibility index (Phi) is 5.36. The van der Waals surface area contributed by atoms with Gasteiger partial charge in [0.25, 0.3) is 0 Å². The van der Waals surface area contributed by atoms with E-state index in [0.29, 0.717) is 11.4 Å². The maximum absolute atomic E-state index is 11.7. The fraction of sp³-hybridized carbons (Fsp3) is 0.455. The first-order chi connectivity index (χ1) is 6.82. The van der Waals surface area contributed by atoms with Gasteiger partial charge < -0.3 is 0 Å². The summed E-state index contributed by atoms with van der Waals surface area (Å²) in [6.07, 6.45) is 3.29. The lowest BCUT2D eigenvalue weighted by Gasteiger charge is -2.13. The second-order valence-corrected chi connectivity index (χ2v) is 5.89. The number of allylic oxidation sites excluding steroid dienone is 3. The second kappa shape index (κ2) is 5.75. The molecule has 0 amide bonds. The highest BCUT2D eigenvalue weighted by molar-refractivity contribution is 7.85. The molecule has 0 N–H and O–H groups in total. The molecule has 0 aromatic rings. The van der Waals surface area contributed by atoms with Gasteiger partial charge in [-0.3, -0.25) is 4.99 Å². The molecule has 3 nitrogen and oxygen atoms in total. The van der Waals surface area contributed by atoms with Crippen LogP contribution in [0.15, 0.2) is 33.8 Å². The summed E-state index contributed by atoms with van der Waals surface area (Å²) in [7, 11) is -1.27. The van der Waals surface area contributed by atoms with Gasteiger partial charge in [0.15, 0.2) is 0 Å². The number of hydrogen-bond acceptors (Lipinski definition) is 2. The Bertz CT molecular complexity index is 335. The SMILES string of the molecule is C=CC=C(N=C)C(C)=NS(=O)C(C)(C)C. The van der Waals surface area contributed by atoms with Gasteiger partial charge >= 0.3 is 0 Å². The van der Waals surface area contributed by atoms with Gasteiger partial charge in [0, 0.05) is 0 Å². The van der Waals surface area contributed by atoms with Crippen LogP contribution < -0.4 is 0 Å². The molecule has 0 fully saturated rings. The molecular formula is C11H18N2OS. The molecule has 84 valence electrons. The van der Waals surface area contributed by atoms with Crippen molar-refractivity contribution in [2.75, 3.05) is 0 Å². The minimum Gasteiger partial charge on any atom is -0.263 e. The third kappa shape index (κ3) is 4.83. The van der Waals surface area contributed by atoms with E-state index < -0.39 is 11.0 Å². The third-order valence-corrected chi connectivity index (χ3v) is 3.05. The van der Waals surface area contributed by atoms with Crippen molar-refractivity contribution in [3.8, 4) is 0 Å². The smallest absolute Gasteiger partial charge is 0.145 e. The zero-order chi connectivity index (χ0) is 12.1. The minimum atomic E-state index is -1.27. The summed E-state index contributed by atoms with van der Waals surface area (Å²) in [6.45, 7) is 14.4. The highest BCUT2D eigenvalue weighted by Gasteiger charge is 2.19. The Hall–Kier alpha value is -1.03. The lowest BCUT2D eigenvalue weighted by atomic mass is 10.3. The monoisotopic (exact) mass is 226 g/mol. The Morgan fingerprint density at radius 1 is 1.40 bits per heavy atom. The van der Waals surface area contributed by atoms with Crippen LogP contribution in [0.25, 0.3) is 0 Å².